The van der Waals surface area contributed by atoms with Crippen molar-refractivity contribution >= 4 is 10.0 Å². The predicted octanol–water partition coefficient (Wildman–Crippen LogP) is 4.16. The minimum Gasteiger partial charge on any atom is -0.439 e. The summed E-state index contributed by atoms with van der Waals surface area (Å²) in [6, 6.07) is 10.4. The Labute approximate surface area is 170 Å². The SMILES string of the molecule is C=CC(=CC)N(CC)S(=O)(=O)c1ccc(Oc2ccc(-n3ccnc3)cc2)nc1. The van der Waals surface area contributed by atoms with Crippen LogP contribution < -0.4 is 4.74 Å². The van der Waals surface area contributed by atoms with Gasteiger partial charge in [0.05, 0.1) is 12.5 Å². The zero-order valence-electron chi connectivity index (χ0n) is 16.3. The van der Waals surface area contributed by atoms with Gasteiger partial charge >= 0.3 is 0 Å². The lowest BCUT2D eigenvalue weighted by atomic mass is 10.3. The van der Waals surface area contributed by atoms with Gasteiger partial charge in [-0.05, 0) is 50.3 Å². The molecular formula is C21H22N4O3S. The molecule has 2 heterocycles. The molecule has 0 fully saturated rings. The first-order valence-corrected chi connectivity index (χ1v) is 10.5. The number of ether oxygens (including phenoxy) is 1. The molecule has 0 unspecified atom stereocenters. The van der Waals surface area contributed by atoms with Gasteiger partial charge in [0.15, 0.2) is 0 Å². The van der Waals surface area contributed by atoms with E-state index >= 15 is 0 Å². The molecule has 0 N–H and O–H groups in total. The fourth-order valence-corrected chi connectivity index (χ4v) is 4.26. The Balaban J connectivity index is 1.77. The Hall–Kier alpha value is -3.39. The number of pyridine rings is 1. The van der Waals surface area contributed by atoms with Crippen LogP contribution in [0.4, 0.5) is 0 Å². The van der Waals surface area contributed by atoms with E-state index in [9.17, 15) is 8.42 Å². The number of sulfonamides is 1. The van der Waals surface area contributed by atoms with E-state index in [-0.39, 0.29) is 11.4 Å². The van der Waals surface area contributed by atoms with Gasteiger partial charge in [-0.1, -0.05) is 12.7 Å². The topological polar surface area (TPSA) is 77.3 Å². The van der Waals surface area contributed by atoms with Gasteiger partial charge in [0, 0.05) is 36.4 Å². The van der Waals surface area contributed by atoms with E-state index in [4.69, 9.17) is 4.74 Å². The van der Waals surface area contributed by atoms with E-state index in [2.05, 4.69) is 16.5 Å². The fourth-order valence-electron chi connectivity index (χ4n) is 2.78. The summed E-state index contributed by atoms with van der Waals surface area (Å²) < 4.78 is 34.7. The summed E-state index contributed by atoms with van der Waals surface area (Å²) in [7, 11) is -3.73. The minimum atomic E-state index is -3.73. The summed E-state index contributed by atoms with van der Waals surface area (Å²) in [5.41, 5.74) is 1.47. The van der Waals surface area contributed by atoms with Crippen LogP contribution in [0.15, 0.2) is 90.6 Å². The molecule has 3 aromatic rings. The highest BCUT2D eigenvalue weighted by atomic mass is 32.2. The van der Waals surface area contributed by atoms with E-state index in [1.54, 1.807) is 32.4 Å². The zero-order valence-corrected chi connectivity index (χ0v) is 17.1. The normalized spacial score (nSPS) is 11.9. The molecule has 0 amide bonds. The van der Waals surface area contributed by atoms with Gasteiger partial charge in [-0.15, -0.1) is 0 Å². The first kappa shape index (κ1) is 20.3. The van der Waals surface area contributed by atoms with Crippen LogP contribution in [-0.2, 0) is 10.0 Å². The lowest BCUT2D eigenvalue weighted by Gasteiger charge is -2.23. The van der Waals surface area contributed by atoms with Crippen molar-refractivity contribution in [3.8, 4) is 17.3 Å². The van der Waals surface area contributed by atoms with Crippen molar-refractivity contribution in [1.29, 1.82) is 0 Å². The van der Waals surface area contributed by atoms with Crippen molar-refractivity contribution in [2.24, 2.45) is 0 Å². The number of likely N-dealkylation sites (N-methyl/N-ethyl adjacent to an activating group) is 1. The molecule has 0 bridgehead atoms. The molecule has 1 aromatic carbocycles. The summed E-state index contributed by atoms with van der Waals surface area (Å²) in [5, 5.41) is 0. The maximum Gasteiger partial charge on any atom is 0.265 e. The smallest absolute Gasteiger partial charge is 0.265 e. The second kappa shape index (κ2) is 8.74. The monoisotopic (exact) mass is 410 g/mol. The Bertz CT molecular complexity index is 1090. The summed E-state index contributed by atoms with van der Waals surface area (Å²) in [6.45, 7) is 7.50. The Morgan fingerprint density at radius 3 is 2.52 bits per heavy atom. The molecule has 2 aromatic heterocycles. The highest BCUT2D eigenvalue weighted by molar-refractivity contribution is 7.89. The molecule has 0 radical (unpaired) electrons. The molecule has 0 saturated heterocycles. The number of hydrogen-bond donors (Lipinski definition) is 0. The third-order valence-electron chi connectivity index (χ3n) is 4.24. The van der Waals surface area contributed by atoms with Crippen molar-refractivity contribution in [3.63, 3.8) is 0 Å². The second-order valence-corrected chi connectivity index (χ2v) is 7.85. The predicted molar refractivity (Wildman–Crippen MR) is 111 cm³/mol. The van der Waals surface area contributed by atoms with E-state index in [0.29, 0.717) is 17.3 Å². The molecule has 3 rings (SSSR count). The van der Waals surface area contributed by atoms with Crippen molar-refractivity contribution in [2.45, 2.75) is 18.7 Å². The number of benzene rings is 1. The third-order valence-corrected chi connectivity index (χ3v) is 6.13. The minimum absolute atomic E-state index is 0.0864. The van der Waals surface area contributed by atoms with Gasteiger partial charge in [-0.2, -0.15) is 0 Å². The van der Waals surface area contributed by atoms with Crippen molar-refractivity contribution in [2.75, 3.05) is 6.54 Å². The molecule has 0 aliphatic heterocycles. The second-order valence-electron chi connectivity index (χ2n) is 5.99. The average Bonchev–Trinajstić information content (AvgIpc) is 3.27. The summed E-state index contributed by atoms with van der Waals surface area (Å²) in [5.74, 6) is 0.896. The molecular weight excluding hydrogens is 388 g/mol. The van der Waals surface area contributed by atoms with E-state index in [1.807, 2.05) is 35.0 Å². The van der Waals surface area contributed by atoms with Crippen molar-refractivity contribution in [1.82, 2.24) is 18.8 Å². The third kappa shape index (κ3) is 4.38. The van der Waals surface area contributed by atoms with Gasteiger partial charge in [-0.3, -0.25) is 4.31 Å². The number of allylic oxidation sites excluding steroid dienone is 2. The average molecular weight is 410 g/mol. The Morgan fingerprint density at radius 2 is 2.00 bits per heavy atom. The standard InChI is InChI=1S/C21H22N4O3S/c1-4-17(5-2)25(6-3)29(26,27)20-11-12-21(23-15-20)28-19-9-7-18(8-10-19)24-14-13-22-16-24/h4-5,7-16H,1,6H2,2-3H3. The molecule has 0 aliphatic rings. The van der Waals surface area contributed by atoms with E-state index in [1.165, 1.54) is 28.7 Å². The maximum absolute atomic E-state index is 12.9. The van der Waals surface area contributed by atoms with Crippen LogP contribution in [0.25, 0.3) is 5.69 Å². The van der Waals surface area contributed by atoms with Crippen molar-refractivity contribution in [3.05, 3.63) is 85.7 Å². The van der Waals surface area contributed by atoms with Crippen LogP contribution >= 0.6 is 0 Å². The van der Waals surface area contributed by atoms with Crippen LogP contribution in [0.1, 0.15) is 13.8 Å². The zero-order chi connectivity index (χ0) is 20.9. The summed E-state index contributed by atoms with van der Waals surface area (Å²) in [6.07, 6.45) is 9.77. The first-order chi connectivity index (χ1) is 14.0. The lowest BCUT2D eigenvalue weighted by molar-refractivity contribution is 0.461. The van der Waals surface area contributed by atoms with Crippen LogP contribution in [0, 0.1) is 0 Å². The number of imidazole rings is 1. The van der Waals surface area contributed by atoms with E-state index in [0.717, 1.165) is 5.69 Å². The highest BCUT2D eigenvalue weighted by Crippen LogP contribution is 2.24. The lowest BCUT2D eigenvalue weighted by Crippen LogP contribution is -2.29. The number of aromatic nitrogens is 3. The van der Waals surface area contributed by atoms with Crippen LogP contribution in [0.5, 0.6) is 11.6 Å². The van der Waals surface area contributed by atoms with Crippen LogP contribution in [-0.4, -0.2) is 33.8 Å². The molecule has 0 atom stereocenters. The molecule has 7 nitrogen and oxygen atoms in total. The molecule has 0 aliphatic carbocycles. The van der Waals surface area contributed by atoms with Crippen LogP contribution in [0.3, 0.4) is 0 Å². The maximum atomic E-state index is 12.9. The van der Waals surface area contributed by atoms with Crippen molar-refractivity contribution < 1.29 is 13.2 Å². The molecule has 8 heteroatoms. The Morgan fingerprint density at radius 1 is 1.24 bits per heavy atom. The number of rotatable bonds is 8. The summed E-state index contributed by atoms with van der Waals surface area (Å²) >= 11 is 0. The Kier molecular flexibility index (Phi) is 6.13. The fraction of sp³-hybridized carbons (Fsp3) is 0.143. The van der Waals surface area contributed by atoms with Gasteiger partial charge in [0.25, 0.3) is 10.0 Å². The van der Waals surface area contributed by atoms with Gasteiger partial charge < -0.3 is 9.30 Å². The summed E-state index contributed by atoms with van der Waals surface area (Å²) in [4.78, 5) is 8.26. The van der Waals surface area contributed by atoms with Gasteiger partial charge in [-0.25, -0.2) is 18.4 Å². The number of hydrogen-bond acceptors (Lipinski definition) is 5. The molecule has 29 heavy (non-hydrogen) atoms. The molecule has 150 valence electrons. The largest absolute Gasteiger partial charge is 0.439 e. The molecule has 0 spiro atoms. The van der Waals surface area contributed by atoms with Crippen LogP contribution in [0.2, 0.25) is 0 Å². The molecule has 0 saturated carbocycles. The van der Waals surface area contributed by atoms with E-state index < -0.39 is 10.0 Å². The number of nitrogens with zero attached hydrogens (tertiary/aromatic N) is 4. The van der Waals surface area contributed by atoms with Gasteiger partial charge in [0.1, 0.15) is 10.6 Å². The highest BCUT2D eigenvalue weighted by Gasteiger charge is 2.24. The quantitative estimate of drug-likeness (QED) is 0.521. The van der Waals surface area contributed by atoms with Gasteiger partial charge in [0.2, 0.25) is 5.88 Å². The first-order valence-electron chi connectivity index (χ1n) is 9.03.